The molecular weight excluding hydrogens is 308 g/mol. The van der Waals surface area contributed by atoms with Gasteiger partial charge in [-0.2, -0.15) is 0 Å². The molecule has 1 rings (SSSR count). The number of thiophene rings is 1. The molecule has 1 aromatic rings. The summed E-state index contributed by atoms with van der Waals surface area (Å²) in [5.41, 5.74) is 1.29. The molecule has 0 aromatic carbocycles. The first-order valence-electron chi connectivity index (χ1n) is 3.03. The second kappa shape index (κ2) is 5.72. The maximum atomic E-state index is 9.00. The molecule has 0 aliphatic rings. The number of carboxylic acids is 1. The van der Waals surface area contributed by atoms with Gasteiger partial charge in [-0.3, -0.25) is 4.79 Å². The predicted octanol–water partition coefficient (Wildman–Crippen LogP) is 3.67. The Kier molecular flexibility index (Phi) is 5.78. The van der Waals surface area contributed by atoms with Crippen LogP contribution in [-0.2, 0) is 4.79 Å². The smallest absolute Gasteiger partial charge is 0.300 e. The van der Waals surface area contributed by atoms with Crippen LogP contribution >= 0.6 is 43.2 Å². The Balaban J connectivity index is 0.000000261. The molecule has 0 aliphatic carbocycles. The van der Waals surface area contributed by atoms with E-state index < -0.39 is 5.97 Å². The van der Waals surface area contributed by atoms with E-state index >= 15 is 0 Å². The maximum Gasteiger partial charge on any atom is 0.300 e. The van der Waals surface area contributed by atoms with Crippen molar-refractivity contribution in [2.45, 2.75) is 13.8 Å². The van der Waals surface area contributed by atoms with Gasteiger partial charge >= 0.3 is 0 Å². The molecule has 0 saturated carbocycles. The van der Waals surface area contributed by atoms with E-state index in [0.29, 0.717) is 0 Å². The molecule has 12 heavy (non-hydrogen) atoms. The largest absolute Gasteiger partial charge is 0.481 e. The zero-order valence-electron chi connectivity index (χ0n) is 6.60. The van der Waals surface area contributed by atoms with Crippen molar-refractivity contribution in [1.29, 1.82) is 0 Å². The zero-order chi connectivity index (χ0) is 9.72. The summed E-state index contributed by atoms with van der Waals surface area (Å²) in [6, 6.07) is 0. The van der Waals surface area contributed by atoms with Gasteiger partial charge < -0.3 is 5.11 Å². The lowest BCUT2D eigenvalue weighted by Gasteiger charge is -1.83. The van der Waals surface area contributed by atoms with Gasteiger partial charge in [0.1, 0.15) is 0 Å². The van der Waals surface area contributed by atoms with Crippen LogP contribution in [0.25, 0.3) is 0 Å². The number of hydrogen-bond donors (Lipinski definition) is 1. The predicted molar refractivity (Wildman–Crippen MR) is 57.8 cm³/mol. The Hall–Kier alpha value is 0.130. The molecule has 0 amide bonds. The van der Waals surface area contributed by atoms with Crippen molar-refractivity contribution < 1.29 is 9.90 Å². The van der Waals surface area contributed by atoms with Crippen molar-refractivity contribution in [3.05, 3.63) is 19.2 Å². The van der Waals surface area contributed by atoms with Crippen LogP contribution in [-0.4, -0.2) is 11.1 Å². The van der Waals surface area contributed by atoms with Crippen LogP contribution < -0.4 is 0 Å². The number of rotatable bonds is 0. The molecule has 1 N–H and O–H groups in total. The summed E-state index contributed by atoms with van der Waals surface area (Å²) in [6.45, 7) is 3.16. The van der Waals surface area contributed by atoms with Gasteiger partial charge in [-0.05, 0) is 44.3 Å². The third kappa shape index (κ3) is 4.90. The molecule has 1 heterocycles. The van der Waals surface area contributed by atoms with E-state index in [2.05, 4.69) is 44.2 Å². The molecule has 0 fully saturated rings. The van der Waals surface area contributed by atoms with Crippen LogP contribution in [0.3, 0.4) is 0 Å². The van der Waals surface area contributed by atoms with Crippen LogP contribution in [0, 0.1) is 6.92 Å². The molecule has 0 aliphatic heterocycles. The van der Waals surface area contributed by atoms with Crippen LogP contribution in [0.2, 0.25) is 0 Å². The topological polar surface area (TPSA) is 37.3 Å². The van der Waals surface area contributed by atoms with Gasteiger partial charge in [-0.25, -0.2) is 0 Å². The minimum atomic E-state index is -0.833. The number of hydrogen-bond acceptors (Lipinski definition) is 2. The molecule has 5 heteroatoms. The summed E-state index contributed by atoms with van der Waals surface area (Å²) in [6.07, 6.45) is 0. The molecule has 68 valence electrons. The summed E-state index contributed by atoms with van der Waals surface area (Å²) in [4.78, 5) is 9.00. The molecule has 0 unspecified atom stereocenters. The van der Waals surface area contributed by atoms with Crippen molar-refractivity contribution >= 4 is 49.2 Å². The summed E-state index contributed by atoms with van der Waals surface area (Å²) >= 11 is 8.50. The molecular formula is C7H8Br2O2S. The summed E-state index contributed by atoms with van der Waals surface area (Å²) in [5.74, 6) is -0.833. The van der Waals surface area contributed by atoms with E-state index in [0.717, 1.165) is 6.92 Å². The van der Waals surface area contributed by atoms with Crippen LogP contribution in [0.5, 0.6) is 0 Å². The first kappa shape index (κ1) is 12.1. The van der Waals surface area contributed by atoms with Crippen LogP contribution in [0.1, 0.15) is 12.5 Å². The highest BCUT2D eigenvalue weighted by Gasteiger charge is 1.98. The highest BCUT2D eigenvalue weighted by atomic mass is 79.9. The van der Waals surface area contributed by atoms with Crippen molar-refractivity contribution in [3.8, 4) is 0 Å². The quantitative estimate of drug-likeness (QED) is 0.793. The lowest BCUT2D eigenvalue weighted by atomic mass is 10.4. The highest BCUT2D eigenvalue weighted by Crippen LogP contribution is 2.30. The van der Waals surface area contributed by atoms with E-state index in [9.17, 15) is 0 Å². The second-order valence-electron chi connectivity index (χ2n) is 2.00. The van der Waals surface area contributed by atoms with Gasteiger partial charge in [0.05, 0.1) is 3.79 Å². The van der Waals surface area contributed by atoms with Crippen molar-refractivity contribution in [2.75, 3.05) is 0 Å². The van der Waals surface area contributed by atoms with E-state index in [1.165, 1.54) is 13.8 Å². The first-order valence-corrected chi connectivity index (χ1v) is 5.50. The lowest BCUT2D eigenvalue weighted by Crippen LogP contribution is -1.78. The average Bonchev–Trinajstić information content (AvgIpc) is 2.19. The van der Waals surface area contributed by atoms with Gasteiger partial charge in [0.15, 0.2) is 0 Å². The van der Waals surface area contributed by atoms with Gasteiger partial charge in [0, 0.05) is 16.8 Å². The molecule has 0 radical (unpaired) electrons. The Morgan fingerprint density at radius 2 is 2.00 bits per heavy atom. The van der Waals surface area contributed by atoms with E-state index in [1.807, 2.05) is 0 Å². The van der Waals surface area contributed by atoms with Crippen LogP contribution in [0.4, 0.5) is 0 Å². The van der Waals surface area contributed by atoms with Crippen LogP contribution in [0.15, 0.2) is 13.6 Å². The number of carboxylic acid groups (broad SMARTS) is 1. The van der Waals surface area contributed by atoms with Gasteiger partial charge in [0.25, 0.3) is 5.97 Å². The van der Waals surface area contributed by atoms with E-state index in [-0.39, 0.29) is 0 Å². The molecule has 0 atom stereocenters. The summed E-state index contributed by atoms with van der Waals surface area (Å²) in [7, 11) is 0. The normalized spacial score (nSPS) is 8.67. The Morgan fingerprint density at radius 3 is 2.08 bits per heavy atom. The van der Waals surface area contributed by atoms with Gasteiger partial charge in [0.2, 0.25) is 0 Å². The van der Waals surface area contributed by atoms with Crippen molar-refractivity contribution in [2.24, 2.45) is 0 Å². The molecule has 0 bridgehead atoms. The fraction of sp³-hybridized carbons (Fsp3) is 0.286. The zero-order valence-corrected chi connectivity index (χ0v) is 10.6. The van der Waals surface area contributed by atoms with Gasteiger partial charge in [-0.15, -0.1) is 11.3 Å². The van der Waals surface area contributed by atoms with Crippen molar-refractivity contribution in [1.82, 2.24) is 0 Å². The van der Waals surface area contributed by atoms with Crippen molar-refractivity contribution in [3.63, 3.8) is 0 Å². The first-order chi connectivity index (χ1) is 5.45. The van der Waals surface area contributed by atoms with E-state index in [1.54, 1.807) is 11.3 Å². The molecule has 1 aromatic heterocycles. The minimum Gasteiger partial charge on any atom is -0.481 e. The monoisotopic (exact) mass is 314 g/mol. The fourth-order valence-corrected chi connectivity index (χ4v) is 2.41. The molecule has 0 saturated heterocycles. The summed E-state index contributed by atoms with van der Waals surface area (Å²) in [5, 5.41) is 9.49. The third-order valence-electron chi connectivity index (χ3n) is 0.919. The number of halogens is 2. The Bertz CT molecular complexity index is 247. The number of carbonyl (C=O) groups is 1. The highest BCUT2D eigenvalue weighted by molar-refractivity contribution is 9.11. The lowest BCUT2D eigenvalue weighted by molar-refractivity contribution is -0.134. The molecule has 0 spiro atoms. The second-order valence-corrected chi connectivity index (χ2v) is 5.05. The third-order valence-corrected chi connectivity index (χ3v) is 4.07. The Morgan fingerprint density at radius 1 is 1.58 bits per heavy atom. The maximum absolute atomic E-state index is 9.00. The van der Waals surface area contributed by atoms with Gasteiger partial charge in [-0.1, -0.05) is 0 Å². The number of aliphatic carboxylic acids is 1. The molecule has 2 nitrogen and oxygen atoms in total. The minimum absolute atomic E-state index is 0.833. The summed E-state index contributed by atoms with van der Waals surface area (Å²) < 4.78 is 2.40. The average molecular weight is 316 g/mol. The fourth-order valence-electron chi connectivity index (χ4n) is 0.374. The van der Waals surface area contributed by atoms with E-state index in [4.69, 9.17) is 9.90 Å². The Labute approximate surface area is 91.9 Å². The SMILES string of the molecule is CC(=O)O.Cc1c(Br)csc1Br. The standard InChI is InChI=1S/C5H4Br2S.C2H4O2/c1-3-4(6)2-8-5(3)7;1-2(3)4/h2H,1H3;1H3,(H,3,4).